The van der Waals surface area contributed by atoms with Crippen LogP contribution in [0.4, 0.5) is 5.69 Å². The van der Waals surface area contributed by atoms with E-state index in [1.807, 2.05) is 24.3 Å². The highest BCUT2D eigenvalue weighted by molar-refractivity contribution is 5.93. The molecule has 0 heterocycles. The molecular weight excluding hydrogens is 266 g/mol. The van der Waals surface area contributed by atoms with Gasteiger partial charge in [-0.3, -0.25) is 0 Å². The van der Waals surface area contributed by atoms with E-state index < -0.39 is 5.97 Å². The number of aryl methyl sites for hydroxylation is 1. The number of benzene rings is 2. The third-order valence-electron chi connectivity index (χ3n) is 3.25. The summed E-state index contributed by atoms with van der Waals surface area (Å²) in [5, 5.41) is 0. The van der Waals surface area contributed by atoms with Crippen LogP contribution in [-0.4, -0.2) is 13.1 Å². The minimum Gasteiger partial charge on any atom is -0.496 e. The second kappa shape index (κ2) is 6.79. The summed E-state index contributed by atoms with van der Waals surface area (Å²) in [5.41, 5.74) is 8.78. The predicted molar refractivity (Wildman–Crippen MR) is 82.3 cm³/mol. The molecule has 110 valence electrons. The van der Waals surface area contributed by atoms with Crippen molar-refractivity contribution in [1.29, 1.82) is 0 Å². The zero-order chi connectivity index (χ0) is 15.2. The first-order valence-corrected chi connectivity index (χ1v) is 6.82. The molecule has 0 saturated carbocycles. The molecule has 2 aromatic rings. The zero-order valence-corrected chi connectivity index (χ0v) is 12.3. The van der Waals surface area contributed by atoms with Gasteiger partial charge in [-0.1, -0.05) is 31.2 Å². The minimum absolute atomic E-state index is 0.232. The summed E-state index contributed by atoms with van der Waals surface area (Å²) < 4.78 is 10.5. The molecule has 4 heteroatoms. The summed E-state index contributed by atoms with van der Waals surface area (Å²) >= 11 is 0. The molecule has 0 atom stereocenters. The molecule has 0 bridgehead atoms. The average molecular weight is 285 g/mol. The van der Waals surface area contributed by atoms with Crippen LogP contribution in [0.25, 0.3) is 0 Å². The average Bonchev–Trinajstić information content (AvgIpc) is 2.52. The van der Waals surface area contributed by atoms with Crippen LogP contribution in [0.5, 0.6) is 5.75 Å². The molecule has 0 unspecified atom stereocenters. The van der Waals surface area contributed by atoms with E-state index in [2.05, 4.69) is 6.92 Å². The van der Waals surface area contributed by atoms with E-state index in [1.54, 1.807) is 18.2 Å². The van der Waals surface area contributed by atoms with Crippen molar-refractivity contribution in [2.75, 3.05) is 12.8 Å². The van der Waals surface area contributed by atoms with Crippen molar-refractivity contribution >= 4 is 11.7 Å². The summed E-state index contributed by atoms with van der Waals surface area (Å²) in [6, 6.07) is 12.9. The lowest BCUT2D eigenvalue weighted by atomic mass is 10.1. The highest BCUT2D eigenvalue weighted by Crippen LogP contribution is 2.22. The highest BCUT2D eigenvalue weighted by atomic mass is 16.5. The number of carbonyl (C=O) groups excluding carboxylic acids is 1. The van der Waals surface area contributed by atoms with Gasteiger partial charge in [0.25, 0.3) is 0 Å². The van der Waals surface area contributed by atoms with E-state index in [-0.39, 0.29) is 6.61 Å². The van der Waals surface area contributed by atoms with Crippen LogP contribution in [0, 0.1) is 0 Å². The van der Waals surface area contributed by atoms with Gasteiger partial charge < -0.3 is 15.2 Å². The monoisotopic (exact) mass is 285 g/mol. The lowest BCUT2D eigenvalue weighted by molar-refractivity contribution is 0.0469. The molecule has 0 aromatic heterocycles. The maximum absolute atomic E-state index is 12.1. The number of nitrogen functional groups attached to an aromatic ring is 1. The maximum Gasteiger partial charge on any atom is 0.342 e. The van der Waals surface area contributed by atoms with Crippen molar-refractivity contribution in [3.8, 4) is 5.75 Å². The molecule has 2 N–H and O–H groups in total. The van der Waals surface area contributed by atoms with Gasteiger partial charge in [-0.2, -0.15) is 0 Å². The van der Waals surface area contributed by atoms with Crippen LogP contribution in [0.15, 0.2) is 42.5 Å². The van der Waals surface area contributed by atoms with Crippen molar-refractivity contribution < 1.29 is 14.3 Å². The van der Waals surface area contributed by atoms with Gasteiger partial charge in [-0.25, -0.2) is 4.79 Å². The van der Waals surface area contributed by atoms with Crippen LogP contribution >= 0.6 is 0 Å². The van der Waals surface area contributed by atoms with Gasteiger partial charge in [0.2, 0.25) is 0 Å². The Morgan fingerprint density at radius 2 is 1.76 bits per heavy atom. The lowest BCUT2D eigenvalue weighted by Crippen LogP contribution is -2.07. The van der Waals surface area contributed by atoms with Crippen LogP contribution in [-0.2, 0) is 17.8 Å². The van der Waals surface area contributed by atoms with Crippen LogP contribution < -0.4 is 10.5 Å². The third kappa shape index (κ3) is 3.75. The van der Waals surface area contributed by atoms with Gasteiger partial charge in [-0.15, -0.1) is 0 Å². The standard InChI is InChI=1S/C17H19NO3/c1-3-12-4-6-13(7-5-12)11-21-17(19)15-9-8-14(18)10-16(15)20-2/h4-10H,3,11,18H2,1-2H3. The number of esters is 1. The van der Waals surface area contributed by atoms with Crippen molar-refractivity contribution in [2.24, 2.45) is 0 Å². The van der Waals surface area contributed by atoms with Crippen LogP contribution in [0.2, 0.25) is 0 Å². The van der Waals surface area contributed by atoms with Gasteiger partial charge in [0.05, 0.1) is 7.11 Å². The number of ether oxygens (including phenoxy) is 2. The summed E-state index contributed by atoms with van der Waals surface area (Å²) in [7, 11) is 1.50. The number of carbonyl (C=O) groups is 1. The molecule has 4 nitrogen and oxygen atoms in total. The molecular formula is C17H19NO3. The summed E-state index contributed by atoms with van der Waals surface area (Å²) in [6.07, 6.45) is 0.989. The number of hydrogen-bond donors (Lipinski definition) is 1. The molecule has 2 rings (SSSR count). The van der Waals surface area contributed by atoms with E-state index in [4.69, 9.17) is 15.2 Å². The Morgan fingerprint density at radius 1 is 1.10 bits per heavy atom. The fourth-order valence-electron chi connectivity index (χ4n) is 1.97. The predicted octanol–water partition coefficient (Wildman–Crippen LogP) is 3.20. The van der Waals surface area contributed by atoms with Crippen molar-refractivity contribution in [3.05, 3.63) is 59.2 Å². The molecule has 2 aromatic carbocycles. The van der Waals surface area contributed by atoms with E-state index in [0.717, 1.165) is 12.0 Å². The number of anilines is 1. The fourth-order valence-corrected chi connectivity index (χ4v) is 1.97. The van der Waals surface area contributed by atoms with E-state index in [0.29, 0.717) is 17.0 Å². The van der Waals surface area contributed by atoms with Gasteiger partial charge >= 0.3 is 5.97 Å². The Hall–Kier alpha value is -2.49. The Bertz CT molecular complexity index is 620. The number of methoxy groups -OCH3 is 1. The number of hydrogen-bond acceptors (Lipinski definition) is 4. The largest absolute Gasteiger partial charge is 0.496 e. The molecule has 21 heavy (non-hydrogen) atoms. The van der Waals surface area contributed by atoms with Crippen molar-refractivity contribution in [3.63, 3.8) is 0 Å². The van der Waals surface area contributed by atoms with Gasteiger partial charge in [0, 0.05) is 11.8 Å². The lowest BCUT2D eigenvalue weighted by Gasteiger charge is -2.09. The summed E-state index contributed by atoms with van der Waals surface area (Å²) in [6.45, 7) is 2.33. The molecule has 0 radical (unpaired) electrons. The Kier molecular flexibility index (Phi) is 4.82. The third-order valence-corrected chi connectivity index (χ3v) is 3.25. The zero-order valence-electron chi connectivity index (χ0n) is 12.3. The van der Waals surface area contributed by atoms with E-state index >= 15 is 0 Å². The molecule has 0 aliphatic carbocycles. The second-order valence-corrected chi connectivity index (χ2v) is 4.71. The van der Waals surface area contributed by atoms with Gasteiger partial charge in [0.1, 0.15) is 17.9 Å². The SMILES string of the molecule is CCc1ccc(COC(=O)c2ccc(N)cc2OC)cc1. The molecule has 0 spiro atoms. The molecule has 0 aliphatic rings. The quantitative estimate of drug-likeness (QED) is 0.677. The minimum atomic E-state index is -0.425. The summed E-state index contributed by atoms with van der Waals surface area (Å²) in [5.74, 6) is -0.00671. The molecule has 0 amide bonds. The van der Waals surface area contributed by atoms with Crippen LogP contribution in [0.1, 0.15) is 28.4 Å². The van der Waals surface area contributed by atoms with Gasteiger partial charge in [0.15, 0.2) is 0 Å². The molecule has 0 saturated heterocycles. The van der Waals surface area contributed by atoms with E-state index in [1.165, 1.54) is 12.7 Å². The van der Waals surface area contributed by atoms with Crippen molar-refractivity contribution in [1.82, 2.24) is 0 Å². The normalized spacial score (nSPS) is 10.2. The van der Waals surface area contributed by atoms with Crippen LogP contribution in [0.3, 0.4) is 0 Å². The Labute approximate surface area is 124 Å². The van der Waals surface area contributed by atoms with Gasteiger partial charge in [-0.05, 0) is 29.7 Å². The second-order valence-electron chi connectivity index (χ2n) is 4.71. The Balaban J connectivity index is 2.04. The topological polar surface area (TPSA) is 61.5 Å². The number of rotatable bonds is 5. The first-order chi connectivity index (χ1) is 10.1. The van der Waals surface area contributed by atoms with Crippen molar-refractivity contribution in [2.45, 2.75) is 20.0 Å². The smallest absolute Gasteiger partial charge is 0.342 e. The molecule has 0 fully saturated rings. The first-order valence-electron chi connectivity index (χ1n) is 6.82. The summed E-state index contributed by atoms with van der Waals surface area (Å²) in [4.78, 5) is 12.1. The highest BCUT2D eigenvalue weighted by Gasteiger charge is 2.14. The number of nitrogens with two attached hydrogens (primary N) is 1. The fraction of sp³-hybridized carbons (Fsp3) is 0.235. The van der Waals surface area contributed by atoms with E-state index in [9.17, 15) is 4.79 Å². The first kappa shape index (κ1) is 14.9. The molecule has 0 aliphatic heterocycles. The maximum atomic E-state index is 12.1. The Morgan fingerprint density at radius 3 is 2.38 bits per heavy atom.